The van der Waals surface area contributed by atoms with Crippen molar-refractivity contribution in [2.45, 2.75) is 53.2 Å². The van der Waals surface area contributed by atoms with Crippen molar-refractivity contribution in [3.05, 3.63) is 0 Å². The van der Waals surface area contributed by atoms with Gasteiger partial charge in [0.15, 0.2) is 0 Å². The maximum Gasteiger partial charge on any atom is 0.0900 e. The number of hydrogen-bond donors (Lipinski definition) is 1. The van der Waals surface area contributed by atoms with Gasteiger partial charge in [-0.25, -0.2) is 0 Å². The summed E-state index contributed by atoms with van der Waals surface area (Å²) in [5.74, 6) is 0.751. The molecule has 17 heavy (non-hydrogen) atoms. The van der Waals surface area contributed by atoms with Gasteiger partial charge in [0.2, 0.25) is 0 Å². The normalized spacial score (nSPS) is 24.5. The van der Waals surface area contributed by atoms with Gasteiger partial charge in [0, 0.05) is 13.1 Å². The lowest BCUT2D eigenvalue weighted by atomic mass is 9.80. The number of aliphatic hydroxyl groups excluding tert-OH is 1. The number of ether oxygens (including phenoxy) is 1. The predicted octanol–water partition coefficient (Wildman–Crippen LogP) is 2.14. The van der Waals surface area contributed by atoms with Crippen LogP contribution in [0.25, 0.3) is 0 Å². The number of hydrogen-bond acceptors (Lipinski definition) is 3. The largest absolute Gasteiger partial charge is 0.389 e. The lowest BCUT2D eigenvalue weighted by Gasteiger charge is -2.27. The smallest absolute Gasteiger partial charge is 0.0900 e. The van der Waals surface area contributed by atoms with E-state index in [2.05, 4.69) is 25.7 Å². The Labute approximate surface area is 106 Å². The average Bonchev–Trinajstić information content (AvgIpc) is 2.62. The number of nitrogens with zero attached hydrogens (tertiary/aromatic N) is 1. The third-order valence-electron chi connectivity index (χ3n) is 3.59. The van der Waals surface area contributed by atoms with Crippen LogP contribution >= 0.6 is 0 Å². The van der Waals surface area contributed by atoms with Crippen LogP contribution in [0.5, 0.6) is 0 Å². The van der Waals surface area contributed by atoms with Gasteiger partial charge in [-0.15, -0.1) is 0 Å². The van der Waals surface area contributed by atoms with Crippen LogP contribution in [0.15, 0.2) is 0 Å². The molecule has 1 heterocycles. The molecule has 102 valence electrons. The number of β-amino-alcohol motifs (C(OH)–C–C–N with tert-alkyl or cyclic N) is 1. The zero-order valence-electron chi connectivity index (χ0n) is 12.1. The highest BCUT2D eigenvalue weighted by atomic mass is 16.5. The van der Waals surface area contributed by atoms with E-state index in [-0.39, 0.29) is 12.2 Å². The molecular weight excluding hydrogens is 214 g/mol. The molecule has 0 aromatic carbocycles. The lowest BCUT2D eigenvalue weighted by Crippen LogP contribution is -2.35. The van der Waals surface area contributed by atoms with E-state index in [0.29, 0.717) is 12.0 Å². The van der Waals surface area contributed by atoms with Gasteiger partial charge in [-0.3, -0.25) is 0 Å². The number of aliphatic hydroxyl groups is 1. The van der Waals surface area contributed by atoms with E-state index in [9.17, 15) is 5.11 Å². The predicted molar refractivity (Wildman–Crippen MR) is 71.1 cm³/mol. The molecule has 0 aromatic rings. The maximum atomic E-state index is 9.88. The van der Waals surface area contributed by atoms with Crippen molar-refractivity contribution in [3.8, 4) is 0 Å². The van der Waals surface area contributed by atoms with Gasteiger partial charge in [-0.2, -0.15) is 0 Å². The lowest BCUT2D eigenvalue weighted by molar-refractivity contribution is -0.00669. The highest BCUT2D eigenvalue weighted by molar-refractivity contribution is 4.84. The van der Waals surface area contributed by atoms with Crippen molar-refractivity contribution < 1.29 is 9.84 Å². The summed E-state index contributed by atoms with van der Waals surface area (Å²) in [6.45, 7) is 14.3. The molecule has 1 saturated heterocycles. The summed E-state index contributed by atoms with van der Waals surface area (Å²) in [4.78, 5) is 2.37. The minimum absolute atomic E-state index is 0.200. The molecule has 1 rings (SSSR count). The van der Waals surface area contributed by atoms with Crippen LogP contribution in [0, 0.1) is 11.3 Å². The van der Waals surface area contributed by atoms with Crippen LogP contribution in [0.3, 0.4) is 0 Å². The van der Waals surface area contributed by atoms with Crippen molar-refractivity contribution in [2.24, 2.45) is 11.3 Å². The molecule has 3 heteroatoms. The zero-order valence-corrected chi connectivity index (χ0v) is 12.1. The van der Waals surface area contributed by atoms with Crippen molar-refractivity contribution in [2.75, 3.05) is 26.2 Å². The van der Waals surface area contributed by atoms with Crippen LogP contribution in [0.2, 0.25) is 0 Å². The first-order chi connectivity index (χ1) is 7.79. The second kappa shape index (κ2) is 6.17. The molecule has 1 aliphatic heterocycles. The number of rotatable bonds is 5. The van der Waals surface area contributed by atoms with Crippen molar-refractivity contribution >= 4 is 0 Å². The summed E-state index contributed by atoms with van der Waals surface area (Å²) >= 11 is 0. The fourth-order valence-electron chi connectivity index (χ4n) is 2.36. The van der Waals surface area contributed by atoms with Gasteiger partial charge in [0.1, 0.15) is 0 Å². The second-order valence-electron chi connectivity index (χ2n) is 6.65. The highest BCUT2D eigenvalue weighted by Crippen LogP contribution is 2.33. The van der Waals surface area contributed by atoms with Gasteiger partial charge in [-0.1, -0.05) is 20.8 Å². The van der Waals surface area contributed by atoms with Gasteiger partial charge in [-0.05, 0) is 38.1 Å². The molecule has 0 amide bonds. The Morgan fingerprint density at radius 1 is 1.35 bits per heavy atom. The third-order valence-corrected chi connectivity index (χ3v) is 3.59. The van der Waals surface area contributed by atoms with Gasteiger partial charge >= 0.3 is 0 Å². The number of likely N-dealkylation sites (tertiary alicyclic amines) is 1. The first kappa shape index (κ1) is 14.9. The van der Waals surface area contributed by atoms with Crippen LogP contribution in [0.4, 0.5) is 0 Å². The SMILES string of the molecule is CC(C)OCC(O)CN1CCC(C(C)(C)C)C1. The van der Waals surface area contributed by atoms with Crippen molar-refractivity contribution in [1.29, 1.82) is 0 Å². The Morgan fingerprint density at radius 2 is 2.00 bits per heavy atom. The summed E-state index contributed by atoms with van der Waals surface area (Å²) < 4.78 is 5.43. The summed E-state index contributed by atoms with van der Waals surface area (Å²) in [6, 6.07) is 0. The maximum absolute atomic E-state index is 9.88. The highest BCUT2D eigenvalue weighted by Gasteiger charge is 2.32. The molecule has 0 bridgehead atoms. The quantitative estimate of drug-likeness (QED) is 0.803. The molecule has 1 aliphatic rings. The van der Waals surface area contributed by atoms with Gasteiger partial charge in [0.25, 0.3) is 0 Å². The van der Waals surface area contributed by atoms with Gasteiger partial charge in [0.05, 0.1) is 18.8 Å². The molecule has 0 saturated carbocycles. The molecule has 1 N–H and O–H groups in total. The summed E-state index contributed by atoms with van der Waals surface area (Å²) in [6.07, 6.45) is 1.10. The van der Waals surface area contributed by atoms with E-state index >= 15 is 0 Å². The van der Waals surface area contributed by atoms with E-state index in [1.165, 1.54) is 6.42 Å². The van der Waals surface area contributed by atoms with Crippen molar-refractivity contribution in [3.63, 3.8) is 0 Å². The van der Waals surface area contributed by atoms with E-state index in [1.54, 1.807) is 0 Å². The van der Waals surface area contributed by atoms with Crippen LogP contribution in [-0.2, 0) is 4.74 Å². The molecule has 3 nitrogen and oxygen atoms in total. The minimum atomic E-state index is -0.351. The summed E-state index contributed by atoms with van der Waals surface area (Å²) in [5, 5.41) is 9.88. The fourth-order valence-corrected chi connectivity index (χ4v) is 2.36. The van der Waals surface area contributed by atoms with Gasteiger partial charge < -0.3 is 14.7 Å². The molecule has 0 radical (unpaired) electrons. The second-order valence-corrected chi connectivity index (χ2v) is 6.65. The average molecular weight is 243 g/mol. The van der Waals surface area contributed by atoms with Crippen LogP contribution in [-0.4, -0.2) is 48.5 Å². The summed E-state index contributed by atoms with van der Waals surface area (Å²) in [5.41, 5.74) is 0.383. The Morgan fingerprint density at radius 3 is 2.47 bits per heavy atom. The molecule has 1 fully saturated rings. The zero-order chi connectivity index (χ0) is 13.1. The third kappa shape index (κ3) is 5.36. The first-order valence-corrected chi connectivity index (χ1v) is 6.81. The summed E-state index contributed by atoms with van der Waals surface area (Å²) in [7, 11) is 0. The monoisotopic (exact) mass is 243 g/mol. The van der Waals surface area contributed by atoms with E-state index < -0.39 is 0 Å². The van der Waals surface area contributed by atoms with E-state index in [0.717, 1.165) is 25.6 Å². The molecule has 0 aliphatic carbocycles. The standard InChI is InChI=1S/C14H29NO2/c1-11(2)17-10-13(16)9-15-7-6-12(8-15)14(3,4)5/h11-13,16H,6-10H2,1-5H3. The Hall–Kier alpha value is -0.120. The first-order valence-electron chi connectivity index (χ1n) is 6.81. The fraction of sp³-hybridized carbons (Fsp3) is 1.00. The topological polar surface area (TPSA) is 32.7 Å². The molecule has 0 aromatic heterocycles. The molecule has 2 unspecified atom stereocenters. The Balaban J connectivity index is 2.25. The molecule has 2 atom stereocenters. The Bertz CT molecular complexity index is 223. The van der Waals surface area contributed by atoms with E-state index in [1.807, 2.05) is 13.8 Å². The van der Waals surface area contributed by atoms with Crippen molar-refractivity contribution in [1.82, 2.24) is 4.90 Å². The molecular formula is C14H29NO2. The Kier molecular flexibility index (Phi) is 5.42. The van der Waals surface area contributed by atoms with E-state index in [4.69, 9.17) is 4.74 Å². The minimum Gasteiger partial charge on any atom is -0.389 e. The van der Waals surface area contributed by atoms with Crippen LogP contribution in [0.1, 0.15) is 41.0 Å². The molecule has 0 spiro atoms. The van der Waals surface area contributed by atoms with Crippen LogP contribution < -0.4 is 0 Å².